The molecule has 5 nitrogen and oxygen atoms in total. The fraction of sp³-hybridized carbons (Fsp3) is 0.278. The Labute approximate surface area is 149 Å². The molecule has 130 valence electrons. The molecule has 0 fully saturated rings. The van der Waals surface area contributed by atoms with Crippen molar-refractivity contribution in [3.63, 3.8) is 0 Å². The predicted molar refractivity (Wildman–Crippen MR) is 93.5 cm³/mol. The molecule has 2 heterocycles. The summed E-state index contributed by atoms with van der Waals surface area (Å²) in [6.07, 6.45) is 0.657. The van der Waals surface area contributed by atoms with Crippen LogP contribution in [0.3, 0.4) is 0 Å². The molecule has 0 saturated carbocycles. The van der Waals surface area contributed by atoms with Gasteiger partial charge in [0.1, 0.15) is 5.82 Å². The predicted octanol–water partition coefficient (Wildman–Crippen LogP) is 4.09. The normalized spacial score (nSPS) is 12.1. The number of aromatic nitrogens is 2. The molecule has 0 aliphatic carbocycles. The van der Waals surface area contributed by atoms with Gasteiger partial charge in [0.15, 0.2) is 0 Å². The molecule has 0 aliphatic rings. The quantitative estimate of drug-likeness (QED) is 0.665. The highest BCUT2D eigenvalue weighted by Gasteiger charge is 2.18. The van der Waals surface area contributed by atoms with Crippen molar-refractivity contribution < 1.29 is 13.6 Å². The molecule has 2 aromatic heterocycles. The van der Waals surface area contributed by atoms with Crippen molar-refractivity contribution in [2.24, 2.45) is 0 Å². The number of carbonyl (C=O) groups excluding carboxylic acids is 1. The number of hydrogen-bond donors (Lipinski definition) is 0. The van der Waals surface area contributed by atoms with Gasteiger partial charge in [0.05, 0.1) is 6.04 Å². The smallest absolute Gasteiger partial charge is 0.248 e. The number of benzene rings is 1. The minimum atomic E-state index is -0.289. The number of halogens is 1. The number of hydrogen-bond acceptors (Lipinski definition) is 5. The van der Waals surface area contributed by atoms with Crippen molar-refractivity contribution in [3.8, 4) is 11.5 Å². The monoisotopic (exact) mass is 359 g/mol. The average Bonchev–Trinajstić information content (AvgIpc) is 3.30. The summed E-state index contributed by atoms with van der Waals surface area (Å²) in [7, 11) is 1.74. The van der Waals surface area contributed by atoms with Gasteiger partial charge in [0, 0.05) is 30.8 Å². The zero-order valence-corrected chi connectivity index (χ0v) is 14.8. The van der Waals surface area contributed by atoms with E-state index in [1.54, 1.807) is 35.4 Å². The van der Waals surface area contributed by atoms with E-state index in [9.17, 15) is 9.18 Å². The molecule has 0 aliphatic heterocycles. The van der Waals surface area contributed by atoms with Crippen LogP contribution in [0.2, 0.25) is 0 Å². The van der Waals surface area contributed by atoms with Crippen LogP contribution >= 0.6 is 11.3 Å². The van der Waals surface area contributed by atoms with Crippen molar-refractivity contribution in [3.05, 3.63) is 58.4 Å². The highest BCUT2D eigenvalue weighted by atomic mass is 32.1. The summed E-state index contributed by atoms with van der Waals surface area (Å²) in [5, 5.41) is 11.9. The van der Waals surface area contributed by atoms with Gasteiger partial charge >= 0.3 is 0 Å². The van der Waals surface area contributed by atoms with Gasteiger partial charge in [-0.15, -0.1) is 10.2 Å². The highest BCUT2D eigenvalue weighted by molar-refractivity contribution is 7.08. The first kappa shape index (κ1) is 17.3. The maximum Gasteiger partial charge on any atom is 0.248 e. The molecule has 7 heteroatoms. The van der Waals surface area contributed by atoms with Gasteiger partial charge in [-0.1, -0.05) is 12.1 Å². The molecular formula is C18H18FN3O2S. The Balaban J connectivity index is 1.57. The minimum absolute atomic E-state index is 0.0351. The van der Waals surface area contributed by atoms with E-state index in [4.69, 9.17) is 4.42 Å². The number of amides is 1. The molecule has 0 radical (unpaired) electrons. The standard InChI is InChI=1S/C18H18FN3O2S/c1-12(13-3-5-15(19)6-4-13)22(2)17(23)8-7-16-20-21-18(24-16)14-9-10-25-11-14/h3-6,9-12H,7-8H2,1-2H3. The second-order valence-corrected chi connectivity index (χ2v) is 6.53. The summed E-state index contributed by atoms with van der Waals surface area (Å²) < 4.78 is 18.6. The van der Waals surface area contributed by atoms with Crippen LogP contribution < -0.4 is 0 Å². The van der Waals surface area contributed by atoms with E-state index in [-0.39, 0.29) is 24.2 Å². The first-order chi connectivity index (χ1) is 12.0. The largest absolute Gasteiger partial charge is 0.421 e. The van der Waals surface area contributed by atoms with Crippen molar-refractivity contribution in [1.29, 1.82) is 0 Å². The van der Waals surface area contributed by atoms with E-state index in [2.05, 4.69) is 10.2 Å². The van der Waals surface area contributed by atoms with Crippen molar-refractivity contribution >= 4 is 17.2 Å². The van der Waals surface area contributed by atoms with Gasteiger partial charge < -0.3 is 9.32 Å². The zero-order valence-electron chi connectivity index (χ0n) is 14.0. The Hall–Kier alpha value is -2.54. The van der Waals surface area contributed by atoms with E-state index < -0.39 is 0 Å². The first-order valence-corrected chi connectivity index (χ1v) is 8.85. The maximum absolute atomic E-state index is 13.0. The van der Waals surface area contributed by atoms with Crippen molar-refractivity contribution in [2.75, 3.05) is 7.05 Å². The van der Waals surface area contributed by atoms with Gasteiger partial charge in [0.2, 0.25) is 17.7 Å². The molecular weight excluding hydrogens is 341 g/mol. The van der Waals surface area contributed by atoms with E-state index in [0.29, 0.717) is 18.2 Å². The molecule has 0 saturated heterocycles. The van der Waals surface area contributed by atoms with E-state index in [0.717, 1.165) is 11.1 Å². The van der Waals surface area contributed by atoms with Crippen LogP contribution in [0.4, 0.5) is 4.39 Å². The summed E-state index contributed by atoms with van der Waals surface area (Å²) >= 11 is 1.56. The number of nitrogens with zero attached hydrogens (tertiary/aromatic N) is 3. The van der Waals surface area contributed by atoms with E-state index in [1.807, 2.05) is 23.8 Å². The topological polar surface area (TPSA) is 59.2 Å². The molecule has 3 rings (SSSR count). The lowest BCUT2D eigenvalue weighted by atomic mass is 10.1. The fourth-order valence-corrected chi connectivity index (χ4v) is 3.06. The SMILES string of the molecule is CC(c1ccc(F)cc1)N(C)C(=O)CCc1nnc(-c2ccsc2)o1. The van der Waals surface area contributed by atoms with Gasteiger partial charge in [-0.25, -0.2) is 4.39 Å². The molecule has 0 bridgehead atoms. The third-order valence-electron chi connectivity index (χ3n) is 4.11. The average molecular weight is 359 g/mol. The summed E-state index contributed by atoms with van der Waals surface area (Å²) in [5.74, 6) is 0.587. The van der Waals surface area contributed by atoms with Crippen LogP contribution in [0, 0.1) is 5.82 Å². The first-order valence-electron chi connectivity index (χ1n) is 7.90. The van der Waals surface area contributed by atoms with Crippen LogP contribution in [0.5, 0.6) is 0 Å². The molecule has 3 aromatic rings. The van der Waals surface area contributed by atoms with Crippen LogP contribution in [-0.4, -0.2) is 28.1 Å². The zero-order chi connectivity index (χ0) is 17.8. The van der Waals surface area contributed by atoms with Crippen molar-refractivity contribution in [1.82, 2.24) is 15.1 Å². The van der Waals surface area contributed by atoms with E-state index in [1.165, 1.54) is 12.1 Å². The molecule has 1 amide bonds. The minimum Gasteiger partial charge on any atom is -0.421 e. The van der Waals surface area contributed by atoms with Crippen molar-refractivity contribution in [2.45, 2.75) is 25.8 Å². The van der Waals surface area contributed by atoms with Gasteiger partial charge in [-0.05, 0) is 36.1 Å². The third-order valence-corrected chi connectivity index (χ3v) is 4.80. The number of aryl methyl sites for hydroxylation is 1. The second-order valence-electron chi connectivity index (χ2n) is 5.75. The lowest BCUT2D eigenvalue weighted by Crippen LogP contribution is -2.29. The van der Waals surface area contributed by atoms with E-state index >= 15 is 0 Å². The van der Waals surface area contributed by atoms with Crippen LogP contribution in [0.15, 0.2) is 45.5 Å². The maximum atomic E-state index is 13.0. The molecule has 1 unspecified atom stereocenters. The van der Waals surface area contributed by atoms with Gasteiger partial charge in [-0.3, -0.25) is 4.79 Å². The fourth-order valence-electron chi connectivity index (χ4n) is 2.43. The summed E-state index contributed by atoms with van der Waals surface area (Å²) in [5.41, 5.74) is 1.77. The molecule has 0 spiro atoms. The van der Waals surface area contributed by atoms with Gasteiger partial charge in [0.25, 0.3) is 0 Å². The summed E-state index contributed by atoms with van der Waals surface area (Å²) in [6, 6.07) is 7.94. The van der Waals surface area contributed by atoms with Crippen LogP contribution in [-0.2, 0) is 11.2 Å². The Kier molecular flexibility index (Phi) is 5.23. The van der Waals surface area contributed by atoms with Crippen LogP contribution in [0.25, 0.3) is 11.5 Å². The third kappa shape index (κ3) is 4.11. The second kappa shape index (κ2) is 7.57. The van der Waals surface area contributed by atoms with Gasteiger partial charge in [-0.2, -0.15) is 11.3 Å². The summed E-state index contributed by atoms with van der Waals surface area (Å²) in [4.78, 5) is 14.0. The number of rotatable bonds is 6. The highest BCUT2D eigenvalue weighted by Crippen LogP contribution is 2.22. The number of thiophene rings is 1. The lowest BCUT2D eigenvalue weighted by Gasteiger charge is -2.25. The Morgan fingerprint density at radius 3 is 2.72 bits per heavy atom. The molecule has 1 aromatic carbocycles. The Bertz CT molecular complexity index is 830. The number of carbonyl (C=O) groups is 1. The lowest BCUT2D eigenvalue weighted by molar-refractivity contribution is -0.131. The molecule has 1 atom stereocenters. The molecule has 25 heavy (non-hydrogen) atoms. The Morgan fingerprint density at radius 2 is 2.04 bits per heavy atom. The molecule has 0 N–H and O–H groups in total. The summed E-state index contributed by atoms with van der Waals surface area (Å²) in [6.45, 7) is 1.91. The van der Waals surface area contributed by atoms with Crippen LogP contribution in [0.1, 0.15) is 30.8 Å². The Morgan fingerprint density at radius 1 is 1.28 bits per heavy atom.